The van der Waals surface area contributed by atoms with Crippen molar-refractivity contribution in [1.29, 1.82) is 0 Å². The number of alkyl halides is 3. The first-order valence-electron chi connectivity index (χ1n) is 8.69. The molecule has 2 heterocycles. The molecule has 0 aliphatic carbocycles. The van der Waals surface area contributed by atoms with Crippen LogP contribution in [0.2, 0.25) is 5.02 Å². The van der Waals surface area contributed by atoms with Crippen molar-refractivity contribution >= 4 is 35.0 Å². The van der Waals surface area contributed by atoms with Crippen LogP contribution in [0.1, 0.15) is 37.8 Å². The van der Waals surface area contributed by atoms with Gasteiger partial charge in [0.25, 0.3) is 0 Å². The van der Waals surface area contributed by atoms with E-state index in [2.05, 4.69) is 22.5 Å². The Hall–Kier alpha value is -1.38. The van der Waals surface area contributed by atoms with Gasteiger partial charge in [-0.1, -0.05) is 23.4 Å². The SMILES string of the molecule is CC(=O)NC1NC(c2cc(Cl)cc(C(F)(F)F)c2)=C(CN2CCCC2C)S1. The van der Waals surface area contributed by atoms with E-state index in [1.54, 1.807) is 0 Å². The van der Waals surface area contributed by atoms with Crippen molar-refractivity contribution in [3.8, 4) is 0 Å². The van der Waals surface area contributed by atoms with E-state index < -0.39 is 17.2 Å². The molecule has 0 aromatic heterocycles. The van der Waals surface area contributed by atoms with Crippen molar-refractivity contribution in [3.05, 3.63) is 39.3 Å². The van der Waals surface area contributed by atoms with E-state index in [4.69, 9.17) is 11.6 Å². The van der Waals surface area contributed by atoms with Crippen molar-refractivity contribution < 1.29 is 18.0 Å². The van der Waals surface area contributed by atoms with E-state index in [0.29, 0.717) is 23.8 Å². The van der Waals surface area contributed by atoms with Gasteiger partial charge in [-0.25, -0.2) is 0 Å². The molecule has 2 aliphatic heterocycles. The highest BCUT2D eigenvalue weighted by atomic mass is 35.5. The van der Waals surface area contributed by atoms with Gasteiger partial charge in [0.2, 0.25) is 5.91 Å². The number of carbonyl (C=O) groups is 1. The lowest BCUT2D eigenvalue weighted by atomic mass is 10.1. The van der Waals surface area contributed by atoms with Gasteiger partial charge in [0.1, 0.15) is 0 Å². The normalized spacial score (nSPS) is 23.6. The van der Waals surface area contributed by atoms with E-state index in [0.717, 1.165) is 36.4 Å². The van der Waals surface area contributed by atoms with Crippen molar-refractivity contribution in [2.45, 2.75) is 44.4 Å². The zero-order valence-corrected chi connectivity index (χ0v) is 16.6. The molecule has 2 aliphatic rings. The Morgan fingerprint density at radius 3 is 2.74 bits per heavy atom. The molecule has 0 saturated carbocycles. The number of hydrogen-bond acceptors (Lipinski definition) is 4. The molecule has 1 aromatic rings. The van der Waals surface area contributed by atoms with E-state index >= 15 is 0 Å². The second-order valence-electron chi connectivity index (χ2n) is 6.83. The third-order valence-electron chi connectivity index (χ3n) is 4.70. The van der Waals surface area contributed by atoms with Gasteiger partial charge in [-0.15, -0.1) is 0 Å². The predicted molar refractivity (Wildman–Crippen MR) is 102 cm³/mol. The first-order chi connectivity index (χ1) is 12.6. The Bertz CT molecular complexity index is 769. The van der Waals surface area contributed by atoms with E-state index in [1.165, 1.54) is 24.8 Å². The fraction of sp³-hybridized carbons (Fsp3) is 0.500. The van der Waals surface area contributed by atoms with Crippen molar-refractivity contribution in [3.63, 3.8) is 0 Å². The molecule has 1 aromatic carbocycles. The number of halogens is 4. The van der Waals surface area contributed by atoms with Gasteiger partial charge in [-0.2, -0.15) is 13.2 Å². The minimum atomic E-state index is -4.48. The molecular formula is C18H21ClF3N3OS. The van der Waals surface area contributed by atoms with Crippen LogP contribution >= 0.6 is 23.4 Å². The zero-order valence-electron chi connectivity index (χ0n) is 15.0. The topological polar surface area (TPSA) is 44.4 Å². The summed E-state index contributed by atoms with van der Waals surface area (Å²) in [5, 5.41) is 5.93. The zero-order chi connectivity index (χ0) is 19.8. The van der Waals surface area contributed by atoms with E-state index in [-0.39, 0.29) is 10.9 Å². The van der Waals surface area contributed by atoms with Crippen LogP contribution in [0.15, 0.2) is 23.1 Å². The number of nitrogens with one attached hydrogen (secondary N) is 2. The molecule has 1 saturated heterocycles. The van der Waals surface area contributed by atoms with Crippen LogP contribution in [-0.2, 0) is 11.0 Å². The summed E-state index contributed by atoms with van der Waals surface area (Å²) in [7, 11) is 0. The van der Waals surface area contributed by atoms with Crippen LogP contribution in [0.4, 0.5) is 13.2 Å². The van der Waals surface area contributed by atoms with Gasteiger partial charge < -0.3 is 10.6 Å². The summed E-state index contributed by atoms with van der Waals surface area (Å²) in [5.74, 6) is -0.211. The van der Waals surface area contributed by atoms with Gasteiger partial charge >= 0.3 is 6.18 Å². The van der Waals surface area contributed by atoms with Gasteiger partial charge in [0.15, 0.2) is 5.50 Å². The van der Waals surface area contributed by atoms with Crippen LogP contribution in [-0.4, -0.2) is 35.4 Å². The van der Waals surface area contributed by atoms with Crippen LogP contribution in [0, 0.1) is 0 Å². The molecule has 3 rings (SSSR count). The molecule has 0 spiro atoms. The number of hydrogen-bond donors (Lipinski definition) is 2. The highest BCUT2D eigenvalue weighted by Crippen LogP contribution is 2.39. The highest BCUT2D eigenvalue weighted by molar-refractivity contribution is 8.04. The molecular weight excluding hydrogens is 399 g/mol. The highest BCUT2D eigenvalue weighted by Gasteiger charge is 2.34. The third-order valence-corrected chi connectivity index (χ3v) is 6.01. The van der Waals surface area contributed by atoms with Crippen LogP contribution < -0.4 is 10.6 Å². The second-order valence-corrected chi connectivity index (χ2v) is 8.47. The lowest BCUT2D eigenvalue weighted by Gasteiger charge is -2.22. The van der Waals surface area contributed by atoms with Gasteiger partial charge in [-0.3, -0.25) is 9.69 Å². The fourth-order valence-corrected chi connectivity index (χ4v) is 4.82. The molecule has 9 heteroatoms. The number of carbonyl (C=O) groups excluding carboxylic acids is 1. The van der Waals surface area contributed by atoms with Gasteiger partial charge in [0.05, 0.1) is 11.3 Å². The standard InChI is InChI=1S/C18H21ClF3N3OS/c1-10-4-3-5-25(10)9-15-16(24-17(27-15)23-11(2)26)12-6-13(18(20,21)22)8-14(19)7-12/h6-8,10,17,24H,3-5,9H2,1-2H3,(H,23,26). The number of rotatable bonds is 4. The van der Waals surface area contributed by atoms with Crippen LogP contribution in [0.3, 0.4) is 0 Å². The molecule has 2 atom stereocenters. The first-order valence-corrected chi connectivity index (χ1v) is 9.95. The van der Waals surface area contributed by atoms with E-state index in [1.807, 2.05) is 0 Å². The van der Waals surface area contributed by atoms with Gasteiger partial charge in [-0.05, 0) is 44.5 Å². The Morgan fingerprint density at radius 2 is 2.15 bits per heavy atom. The summed E-state index contributed by atoms with van der Waals surface area (Å²) in [5.41, 5.74) is -0.247. The first kappa shape index (κ1) is 20.4. The number of likely N-dealkylation sites (tertiary alicyclic amines) is 1. The Morgan fingerprint density at radius 1 is 1.41 bits per heavy atom. The van der Waals surface area contributed by atoms with Crippen LogP contribution in [0.5, 0.6) is 0 Å². The minimum Gasteiger partial charge on any atom is -0.355 e. The molecule has 1 amide bonds. The summed E-state index contributed by atoms with van der Waals surface area (Å²) >= 11 is 7.38. The Balaban J connectivity index is 1.95. The summed E-state index contributed by atoms with van der Waals surface area (Å²) in [6, 6.07) is 3.95. The second kappa shape index (κ2) is 7.93. The number of nitrogens with zero attached hydrogens (tertiary/aromatic N) is 1. The molecule has 0 bridgehead atoms. The number of benzene rings is 1. The maximum atomic E-state index is 13.2. The summed E-state index contributed by atoms with van der Waals surface area (Å²) in [6.07, 6.45) is -2.27. The maximum Gasteiger partial charge on any atom is 0.416 e. The molecule has 0 radical (unpaired) electrons. The predicted octanol–water partition coefficient (Wildman–Crippen LogP) is 4.27. The Labute approximate surface area is 165 Å². The quantitative estimate of drug-likeness (QED) is 0.765. The summed E-state index contributed by atoms with van der Waals surface area (Å²) < 4.78 is 39.6. The molecule has 2 unspecified atom stereocenters. The molecule has 148 valence electrons. The van der Waals surface area contributed by atoms with Crippen molar-refractivity contribution in [2.24, 2.45) is 0 Å². The number of thioether (sulfide) groups is 1. The largest absolute Gasteiger partial charge is 0.416 e. The van der Waals surface area contributed by atoms with Crippen molar-refractivity contribution in [1.82, 2.24) is 15.5 Å². The lowest BCUT2D eigenvalue weighted by molar-refractivity contribution is -0.137. The summed E-state index contributed by atoms with van der Waals surface area (Å²) in [4.78, 5) is 14.6. The smallest absolute Gasteiger partial charge is 0.355 e. The lowest BCUT2D eigenvalue weighted by Crippen LogP contribution is -2.38. The monoisotopic (exact) mass is 419 g/mol. The average Bonchev–Trinajstić information content (AvgIpc) is 3.12. The van der Waals surface area contributed by atoms with Gasteiger partial charge in [0, 0.05) is 35.0 Å². The Kier molecular flexibility index (Phi) is 5.98. The molecule has 4 nitrogen and oxygen atoms in total. The molecule has 1 fully saturated rings. The number of amides is 1. The summed E-state index contributed by atoms with van der Waals surface area (Å²) in [6.45, 7) is 5.13. The fourth-order valence-electron chi connectivity index (χ4n) is 3.36. The minimum absolute atomic E-state index is 0.0241. The van der Waals surface area contributed by atoms with E-state index in [9.17, 15) is 18.0 Å². The molecule has 27 heavy (non-hydrogen) atoms. The van der Waals surface area contributed by atoms with Crippen molar-refractivity contribution in [2.75, 3.05) is 13.1 Å². The maximum absolute atomic E-state index is 13.2. The molecule has 2 N–H and O–H groups in total. The van der Waals surface area contributed by atoms with Crippen LogP contribution in [0.25, 0.3) is 5.70 Å². The third kappa shape index (κ3) is 4.92. The average molecular weight is 420 g/mol.